The zero-order chi connectivity index (χ0) is 28.1. The first-order chi connectivity index (χ1) is 18.6. The summed E-state index contributed by atoms with van der Waals surface area (Å²) in [6, 6.07) is 11.9. The molecule has 2 aromatic rings. The maximum atomic E-state index is 14.7. The lowest BCUT2D eigenvalue weighted by atomic mass is 9.65. The van der Waals surface area contributed by atoms with Crippen LogP contribution < -0.4 is 4.90 Å². The van der Waals surface area contributed by atoms with Gasteiger partial charge in [0, 0.05) is 12.2 Å². The van der Waals surface area contributed by atoms with E-state index >= 15 is 0 Å². The van der Waals surface area contributed by atoms with Crippen LogP contribution in [-0.2, 0) is 19.1 Å². The normalized spacial score (nSPS) is 30.1. The Kier molecular flexibility index (Phi) is 7.06. The molecule has 0 aliphatic carbocycles. The number of aliphatic hydroxyl groups is 1. The summed E-state index contributed by atoms with van der Waals surface area (Å²) in [4.78, 5) is 44.6. The van der Waals surface area contributed by atoms with Crippen molar-refractivity contribution in [3.8, 4) is 0 Å². The van der Waals surface area contributed by atoms with Crippen LogP contribution in [0, 0.1) is 17.8 Å². The van der Waals surface area contributed by atoms with Crippen LogP contribution in [0.4, 0.5) is 5.69 Å². The highest BCUT2D eigenvalue weighted by Crippen LogP contribution is 2.64. The number of carboxylic acids is 1. The highest BCUT2D eigenvalue weighted by molar-refractivity contribution is 6.05. The summed E-state index contributed by atoms with van der Waals surface area (Å²) in [5.74, 6) is -3.72. The summed E-state index contributed by atoms with van der Waals surface area (Å²) < 4.78 is 6.66. The van der Waals surface area contributed by atoms with Gasteiger partial charge in [-0.05, 0) is 54.5 Å². The number of amides is 2. The molecule has 8 nitrogen and oxygen atoms in total. The smallest absolute Gasteiger partial charge is 0.310 e. The number of nitrogens with zero attached hydrogens (tertiary/aromatic N) is 2. The second kappa shape index (κ2) is 10.1. The maximum Gasteiger partial charge on any atom is 0.310 e. The van der Waals surface area contributed by atoms with E-state index < -0.39 is 47.0 Å². The van der Waals surface area contributed by atoms with Crippen LogP contribution in [0.1, 0.15) is 46.5 Å². The standard InChI is InChI=1S/C31H38N2O6/c1-5-15-32(22-12-11-20-9-7-8-10-21(20)17-22)28(36)26-31-14-13-30(6-2,39-31)25(29(37)38)24(31)27(35)33(26)23(18-34)16-19(3)4/h5,7-12,17,19,23-26,34H,1,6,13-16,18H2,2-4H3,(H,37,38)/t23-,24+,25+,26?,30-,31?/m1/s1. The molecule has 3 saturated heterocycles. The number of aliphatic carboxylic acids is 1. The molecule has 1 spiro atoms. The third kappa shape index (κ3) is 4.07. The molecule has 39 heavy (non-hydrogen) atoms. The van der Waals surface area contributed by atoms with Crippen molar-refractivity contribution in [1.82, 2.24) is 4.90 Å². The molecule has 2 N–H and O–H groups in total. The maximum absolute atomic E-state index is 14.7. The highest BCUT2D eigenvalue weighted by atomic mass is 16.5. The number of anilines is 1. The van der Waals surface area contributed by atoms with E-state index in [-0.39, 0.29) is 25.0 Å². The molecule has 2 aromatic carbocycles. The lowest BCUT2D eigenvalue weighted by Gasteiger charge is -2.40. The van der Waals surface area contributed by atoms with Gasteiger partial charge in [0.25, 0.3) is 5.91 Å². The molecule has 3 aliphatic heterocycles. The predicted molar refractivity (Wildman–Crippen MR) is 148 cm³/mol. The molecule has 0 radical (unpaired) electrons. The van der Waals surface area contributed by atoms with Crippen molar-refractivity contribution < 1.29 is 29.3 Å². The van der Waals surface area contributed by atoms with Gasteiger partial charge >= 0.3 is 5.97 Å². The fourth-order valence-electron chi connectivity index (χ4n) is 7.47. The van der Waals surface area contributed by atoms with Crippen LogP contribution in [0.2, 0.25) is 0 Å². The Balaban J connectivity index is 1.65. The number of hydrogen-bond donors (Lipinski definition) is 2. The first kappa shape index (κ1) is 27.3. The summed E-state index contributed by atoms with van der Waals surface area (Å²) in [7, 11) is 0. The van der Waals surface area contributed by atoms with Crippen molar-refractivity contribution in [3.63, 3.8) is 0 Å². The van der Waals surface area contributed by atoms with Crippen molar-refractivity contribution in [3.05, 3.63) is 55.1 Å². The molecule has 6 atom stereocenters. The molecule has 8 heteroatoms. The zero-order valence-electron chi connectivity index (χ0n) is 22.9. The Morgan fingerprint density at radius 3 is 2.54 bits per heavy atom. The molecule has 2 amide bonds. The van der Waals surface area contributed by atoms with Gasteiger partial charge in [0.15, 0.2) is 0 Å². The Hall–Kier alpha value is -3.23. The van der Waals surface area contributed by atoms with Gasteiger partial charge < -0.3 is 24.7 Å². The van der Waals surface area contributed by atoms with E-state index in [4.69, 9.17) is 4.74 Å². The van der Waals surface area contributed by atoms with Crippen LogP contribution in [0.5, 0.6) is 0 Å². The van der Waals surface area contributed by atoms with E-state index in [1.165, 1.54) is 4.90 Å². The minimum Gasteiger partial charge on any atom is -0.481 e. The summed E-state index contributed by atoms with van der Waals surface area (Å²) >= 11 is 0. The quantitative estimate of drug-likeness (QED) is 0.446. The van der Waals surface area contributed by atoms with E-state index in [0.717, 1.165) is 10.8 Å². The van der Waals surface area contributed by atoms with E-state index in [0.29, 0.717) is 31.4 Å². The number of carbonyl (C=O) groups is 3. The number of fused-ring (bicyclic) bond motifs is 2. The first-order valence-electron chi connectivity index (χ1n) is 13.9. The molecule has 3 heterocycles. The zero-order valence-corrected chi connectivity index (χ0v) is 22.9. The highest BCUT2D eigenvalue weighted by Gasteiger charge is 2.79. The number of likely N-dealkylation sites (tertiary alicyclic amines) is 1. The summed E-state index contributed by atoms with van der Waals surface area (Å²) in [6.07, 6.45) is 3.43. The van der Waals surface area contributed by atoms with Gasteiger partial charge in [0.2, 0.25) is 5.91 Å². The van der Waals surface area contributed by atoms with Crippen molar-refractivity contribution >= 4 is 34.2 Å². The van der Waals surface area contributed by atoms with Crippen molar-refractivity contribution in [1.29, 1.82) is 0 Å². The minimum atomic E-state index is -1.27. The molecular formula is C31H38N2O6. The number of aliphatic hydroxyl groups excluding tert-OH is 1. The third-order valence-electron chi connectivity index (χ3n) is 9.09. The fourth-order valence-corrected chi connectivity index (χ4v) is 7.47. The SMILES string of the molecule is C=CCN(C(=O)C1N([C@@H](CO)CC(C)C)C(=O)[C@@H]2[C@@H](C(=O)O)[C@@]3(CC)CCC12O3)c1ccc2ccccc2c1. The molecule has 2 unspecified atom stereocenters. The van der Waals surface area contributed by atoms with Crippen LogP contribution in [0.25, 0.3) is 10.8 Å². The Morgan fingerprint density at radius 2 is 1.92 bits per heavy atom. The molecule has 0 aromatic heterocycles. The summed E-state index contributed by atoms with van der Waals surface area (Å²) in [6.45, 7) is 9.61. The van der Waals surface area contributed by atoms with E-state index in [1.54, 1.807) is 11.0 Å². The molecule has 0 saturated carbocycles. The third-order valence-corrected chi connectivity index (χ3v) is 9.09. The molecule has 3 fully saturated rings. The van der Waals surface area contributed by atoms with E-state index in [2.05, 4.69) is 6.58 Å². The Morgan fingerprint density at radius 1 is 1.21 bits per heavy atom. The lowest BCUT2D eigenvalue weighted by Crippen LogP contribution is -2.59. The number of ether oxygens (including phenoxy) is 1. The van der Waals surface area contributed by atoms with Gasteiger partial charge in [-0.25, -0.2) is 0 Å². The van der Waals surface area contributed by atoms with Gasteiger partial charge in [-0.15, -0.1) is 6.58 Å². The summed E-state index contributed by atoms with van der Waals surface area (Å²) in [5, 5.41) is 22.8. The van der Waals surface area contributed by atoms with Gasteiger partial charge in [0.05, 0.1) is 24.2 Å². The molecule has 3 aliphatic rings. The van der Waals surface area contributed by atoms with Gasteiger partial charge in [-0.3, -0.25) is 14.4 Å². The number of hydrogen-bond acceptors (Lipinski definition) is 5. The number of rotatable bonds is 10. The Bertz CT molecular complexity index is 1310. The molecular weight excluding hydrogens is 496 g/mol. The van der Waals surface area contributed by atoms with Crippen molar-refractivity contribution in [2.75, 3.05) is 18.1 Å². The topological polar surface area (TPSA) is 107 Å². The molecule has 208 valence electrons. The number of carbonyl (C=O) groups excluding carboxylic acids is 2. The van der Waals surface area contributed by atoms with Crippen LogP contribution in [-0.4, -0.2) is 69.3 Å². The van der Waals surface area contributed by atoms with Crippen LogP contribution >= 0.6 is 0 Å². The monoisotopic (exact) mass is 534 g/mol. The Labute approximate surface area is 229 Å². The average molecular weight is 535 g/mol. The minimum absolute atomic E-state index is 0.142. The number of benzene rings is 2. The first-order valence-corrected chi connectivity index (χ1v) is 13.9. The molecule has 5 rings (SSSR count). The van der Waals surface area contributed by atoms with Gasteiger partial charge in [-0.2, -0.15) is 0 Å². The van der Waals surface area contributed by atoms with E-state index in [1.807, 2.05) is 63.2 Å². The molecule has 2 bridgehead atoms. The van der Waals surface area contributed by atoms with Crippen LogP contribution in [0.3, 0.4) is 0 Å². The number of carboxylic acid groups (broad SMARTS) is 1. The largest absolute Gasteiger partial charge is 0.481 e. The second-order valence-corrected chi connectivity index (χ2v) is 11.7. The van der Waals surface area contributed by atoms with E-state index in [9.17, 15) is 24.6 Å². The van der Waals surface area contributed by atoms with Crippen LogP contribution in [0.15, 0.2) is 55.1 Å². The fraction of sp³-hybridized carbons (Fsp3) is 0.516. The van der Waals surface area contributed by atoms with Gasteiger partial charge in [0.1, 0.15) is 17.6 Å². The van der Waals surface area contributed by atoms with Crippen molar-refractivity contribution in [2.24, 2.45) is 17.8 Å². The summed E-state index contributed by atoms with van der Waals surface area (Å²) in [5.41, 5.74) is -1.60. The second-order valence-electron chi connectivity index (χ2n) is 11.7. The average Bonchev–Trinajstić information content (AvgIpc) is 3.53. The van der Waals surface area contributed by atoms with Gasteiger partial charge in [-0.1, -0.05) is 57.2 Å². The lowest BCUT2D eigenvalue weighted by molar-refractivity contribution is -0.157. The predicted octanol–water partition coefficient (Wildman–Crippen LogP) is 4.01. The van der Waals surface area contributed by atoms with Crippen molar-refractivity contribution in [2.45, 2.75) is 69.7 Å².